The third kappa shape index (κ3) is 3.48. The smallest absolute Gasteiger partial charge is 0.255 e. The van der Waals surface area contributed by atoms with Crippen molar-refractivity contribution in [2.45, 2.75) is 20.4 Å². The third-order valence-electron chi connectivity index (χ3n) is 3.24. The Morgan fingerprint density at radius 3 is 2.45 bits per heavy atom. The number of amides is 1. The molecule has 0 aliphatic rings. The predicted octanol–water partition coefficient (Wildman–Crippen LogP) is 4.42. The third-order valence-corrected chi connectivity index (χ3v) is 3.90. The second-order valence-electron chi connectivity index (χ2n) is 4.79. The first kappa shape index (κ1) is 14.8. The zero-order valence-electron chi connectivity index (χ0n) is 11.8. The Hall–Kier alpha value is -1.61. The maximum atomic E-state index is 12.6. The lowest BCUT2D eigenvalue weighted by Crippen LogP contribution is -2.30. The molecule has 20 heavy (non-hydrogen) atoms. The lowest BCUT2D eigenvalue weighted by molar-refractivity contribution is 0.0751. The van der Waals surface area contributed by atoms with Crippen LogP contribution in [0.5, 0.6) is 0 Å². The topological polar surface area (TPSA) is 20.3 Å². The van der Waals surface area contributed by atoms with Crippen molar-refractivity contribution >= 4 is 21.8 Å². The van der Waals surface area contributed by atoms with Crippen molar-refractivity contribution < 1.29 is 4.79 Å². The van der Waals surface area contributed by atoms with Crippen LogP contribution in [0.4, 0.5) is 0 Å². The van der Waals surface area contributed by atoms with E-state index in [0.29, 0.717) is 18.7 Å². The zero-order valence-corrected chi connectivity index (χ0v) is 13.4. The van der Waals surface area contributed by atoms with Crippen molar-refractivity contribution in [3.8, 4) is 0 Å². The molecule has 0 fully saturated rings. The average Bonchev–Trinajstić information content (AvgIpc) is 2.45. The molecule has 0 saturated heterocycles. The van der Waals surface area contributed by atoms with E-state index in [4.69, 9.17) is 0 Å². The number of aryl methyl sites for hydroxylation is 1. The predicted molar refractivity (Wildman–Crippen MR) is 85.7 cm³/mol. The van der Waals surface area contributed by atoms with Gasteiger partial charge in [-0.3, -0.25) is 4.79 Å². The quantitative estimate of drug-likeness (QED) is 0.812. The van der Waals surface area contributed by atoms with Crippen molar-refractivity contribution in [2.24, 2.45) is 0 Å². The van der Waals surface area contributed by atoms with Gasteiger partial charge in [-0.2, -0.15) is 0 Å². The summed E-state index contributed by atoms with van der Waals surface area (Å²) in [6.45, 7) is 5.34. The summed E-state index contributed by atoms with van der Waals surface area (Å²) in [6.07, 6.45) is 0. The Morgan fingerprint density at radius 2 is 1.85 bits per heavy atom. The summed E-state index contributed by atoms with van der Waals surface area (Å²) in [5, 5.41) is 0. The summed E-state index contributed by atoms with van der Waals surface area (Å²) in [5.74, 6) is 0.0585. The number of nitrogens with zero attached hydrogens (tertiary/aromatic N) is 1. The van der Waals surface area contributed by atoms with Gasteiger partial charge in [0.05, 0.1) is 5.56 Å². The molecule has 0 saturated carbocycles. The molecule has 0 spiro atoms. The van der Waals surface area contributed by atoms with Crippen molar-refractivity contribution in [1.29, 1.82) is 0 Å². The van der Waals surface area contributed by atoms with Crippen LogP contribution in [0.1, 0.15) is 28.4 Å². The van der Waals surface area contributed by atoms with Crippen molar-refractivity contribution in [3.05, 3.63) is 69.7 Å². The fourth-order valence-corrected chi connectivity index (χ4v) is 2.76. The summed E-state index contributed by atoms with van der Waals surface area (Å²) in [4.78, 5) is 14.5. The number of hydrogen-bond donors (Lipinski definition) is 0. The maximum absolute atomic E-state index is 12.6. The van der Waals surface area contributed by atoms with E-state index in [9.17, 15) is 4.79 Å². The first-order chi connectivity index (χ1) is 9.61. The van der Waals surface area contributed by atoms with Crippen LogP contribution < -0.4 is 0 Å². The molecular formula is C17H18BrNO. The minimum Gasteiger partial charge on any atom is -0.335 e. The standard InChI is InChI=1S/C17H18BrNO/c1-3-19(12-14-7-5-4-6-8-14)17(20)15-10-9-13(2)11-16(15)18/h4-11H,3,12H2,1-2H3. The van der Waals surface area contributed by atoms with Gasteiger partial charge in [-0.25, -0.2) is 0 Å². The largest absolute Gasteiger partial charge is 0.335 e. The summed E-state index contributed by atoms with van der Waals surface area (Å²) in [5.41, 5.74) is 3.00. The van der Waals surface area contributed by atoms with E-state index in [1.807, 2.05) is 67.3 Å². The van der Waals surface area contributed by atoms with E-state index in [2.05, 4.69) is 15.9 Å². The Bertz CT molecular complexity index is 595. The Morgan fingerprint density at radius 1 is 1.15 bits per heavy atom. The number of benzene rings is 2. The van der Waals surface area contributed by atoms with Gasteiger partial charge in [0, 0.05) is 17.6 Å². The van der Waals surface area contributed by atoms with Crippen LogP contribution in [0.25, 0.3) is 0 Å². The van der Waals surface area contributed by atoms with Gasteiger partial charge in [-0.1, -0.05) is 36.4 Å². The van der Waals surface area contributed by atoms with Gasteiger partial charge in [-0.15, -0.1) is 0 Å². The normalized spacial score (nSPS) is 10.3. The molecule has 0 atom stereocenters. The molecule has 0 radical (unpaired) electrons. The Labute approximate surface area is 128 Å². The molecule has 104 valence electrons. The van der Waals surface area contributed by atoms with Crippen molar-refractivity contribution in [1.82, 2.24) is 4.90 Å². The highest BCUT2D eigenvalue weighted by molar-refractivity contribution is 9.10. The number of halogens is 1. The summed E-state index contributed by atoms with van der Waals surface area (Å²) < 4.78 is 0.856. The van der Waals surface area contributed by atoms with Gasteiger partial charge in [0.2, 0.25) is 0 Å². The Kier molecular flexibility index (Phi) is 4.96. The van der Waals surface area contributed by atoms with Gasteiger partial charge in [0.1, 0.15) is 0 Å². The molecule has 3 heteroatoms. The second-order valence-corrected chi connectivity index (χ2v) is 5.64. The molecule has 2 aromatic carbocycles. The van der Waals surface area contributed by atoms with E-state index in [-0.39, 0.29) is 5.91 Å². The molecule has 2 nitrogen and oxygen atoms in total. The Balaban J connectivity index is 2.21. The van der Waals surface area contributed by atoms with Gasteiger partial charge >= 0.3 is 0 Å². The molecule has 2 rings (SSSR count). The molecule has 0 heterocycles. The van der Waals surface area contributed by atoms with Gasteiger partial charge in [0.25, 0.3) is 5.91 Å². The van der Waals surface area contributed by atoms with Crippen LogP contribution in [-0.2, 0) is 6.54 Å². The molecule has 2 aromatic rings. The van der Waals surface area contributed by atoms with E-state index in [0.717, 1.165) is 15.6 Å². The SMILES string of the molecule is CCN(Cc1ccccc1)C(=O)c1ccc(C)cc1Br. The molecule has 0 N–H and O–H groups in total. The minimum atomic E-state index is 0.0585. The molecule has 0 aliphatic carbocycles. The van der Waals surface area contributed by atoms with E-state index >= 15 is 0 Å². The lowest BCUT2D eigenvalue weighted by Gasteiger charge is -2.22. The fourth-order valence-electron chi connectivity index (χ4n) is 2.09. The summed E-state index contributed by atoms with van der Waals surface area (Å²) >= 11 is 3.48. The monoisotopic (exact) mass is 331 g/mol. The van der Waals surface area contributed by atoms with Crippen LogP contribution in [-0.4, -0.2) is 17.4 Å². The highest BCUT2D eigenvalue weighted by Crippen LogP contribution is 2.21. The maximum Gasteiger partial charge on any atom is 0.255 e. The lowest BCUT2D eigenvalue weighted by atomic mass is 10.1. The van der Waals surface area contributed by atoms with E-state index in [1.54, 1.807) is 0 Å². The number of rotatable bonds is 4. The highest BCUT2D eigenvalue weighted by atomic mass is 79.9. The highest BCUT2D eigenvalue weighted by Gasteiger charge is 2.17. The van der Waals surface area contributed by atoms with Crippen molar-refractivity contribution in [2.75, 3.05) is 6.54 Å². The number of hydrogen-bond acceptors (Lipinski definition) is 1. The van der Waals surface area contributed by atoms with Gasteiger partial charge in [0.15, 0.2) is 0 Å². The molecule has 0 bridgehead atoms. The molecule has 1 amide bonds. The minimum absolute atomic E-state index is 0.0585. The van der Waals surface area contributed by atoms with Gasteiger partial charge < -0.3 is 4.90 Å². The first-order valence-corrected chi connectivity index (χ1v) is 7.50. The average molecular weight is 332 g/mol. The molecule has 0 aromatic heterocycles. The fraction of sp³-hybridized carbons (Fsp3) is 0.235. The van der Waals surface area contributed by atoms with E-state index in [1.165, 1.54) is 0 Å². The van der Waals surface area contributed by atoms with Crippen LogP contribution >= 0.6 is 15.9 Å². The summed E-state index contributed by atoms with van der Waals surface area (Å²) in [7, 11) is 0. The van der Waals surface area contributed by atoms with Crippen LogP contribution in [0.2, 0.25) is 0 Å². The number of carbonyl (C=O) groups excluding carboxylic acids is 1. The molecule has 0 unspecified atom stereocenters. The number of carbonyl (C=O) groups is 1. The van der Waals surface area contributed by atoms with Gasteiger partial charge in [-0.05, 0) is 53.0 Å². The van der Waals surface area contributed by atoms with Crippen molar-refractivity contribution in [3.63, 3.8) is 0 Å². The first-order valence-electron chi connectivity index (χ1n) is 6.71. The van der Waals surface area contributed by atoms with Crippen LogP contribution in [0, 0.1) is 6.92 Å². The van der Waals surface area contributed by atoms with E-state index < -0.39 is 0 Å². The zero-order chi connectivity index (χ0) is 14.5. The van der Waals surface area contributed by atoms with Crippen LogP contribution in [0.15, 0.2) is 53.0 Å². The van der Waals surface area contributed by atoms with Crippen LogP contribution in [0.3, 0.4) is 0 Å². The molecule has 0 aliphatic heterocycles. The summed E-state index contributed by atoms with van der Waals surface area (Å²) in [6, 6.07) is 15.9. The molecular weight excluding hydrogens is 314 g/mol. The second kappa shape index (κ2) is 6.71.